The van der Waals surface area contributed by atoms with E-state index >= 15 is 0 Å². The number of rotatable bonds is 4. The molecule has 0 bridgehead atoms. The van der Waals surface area contributed by atoms with Crippen LogP contribution in [0.4, 0.5) is 17.1 Å². The Morgan fingerprint density at radius 1 is 0.383 bits per heavy atom. The second-order valence-electron chi connectivity index (χ2n) is 15.4. The molecule has 0 radical (unpaired) electrons. The Labute approximate surface area is 344 Å². The van der Waals surface area contributed by atoms with Crippen LogP contribution >= 0.6 is 0 Å². The summed E-state index contributed by atoms with van der Waals surface area (Å²) in [5.74, 6) is 3.77. The van der Waals surface area contributed by atoms with E-state index in [9.17, 15) is 0 Å². The zero-order valence-corrected chi connectivity index (χ0v) is 32.1. The molecular formula is C54H32N4O2. The van der Waals surface area contributed by atoms with Gasteiger partial charge < -0.3 is 9.47 Å². The number of anilines is 3. The van der Waals surface area contributed by atoms with Crippen LogP contribution in [0.2, 0.25) is 0 Å². The number of para-hydroxylation sites is 4. The minimum atomic E-state index is 0.630. The Morgan fingerprint density at radius 2 is 1.02 bits per heavy atom. The average Bonchev–Trinajstić information content (AvgIpc) is 3.65. The summed E-state index contributed by atoms with van der Waals surface area (Å²) in [5.41, 5.74) is 12.3. The van der Waals surface area contributed by atoms with Gasteiger partial charge in [-0.1, -0.05) is 133 Å². The normalized spacial score (nSPS) is 12.6. The highest BCUT2D eigenvalue weighted by Gasteiger charge is 2.34. The first-order valence-corrected chi connectivity index (χ1v) is 20.1. The molecule has 2 aliphatic heterocycles. The summed E-state index contributed by atoms with van der Waals surface area (Å²) in [4.78, 5) is 12.9. The predicted molar refractivity (Wildman–Crippen MR) is 243 cm³/mol. The van der Waals surface area contributed by atoms with E-state index in [0.29, 0.717) is 5.95 Å². The van der Waals surface area contributed by atoms with Crippen LogP contribution in [-0.2, 0) is 0 Å². The smallest absolute Gasteiger partial charge is 0.235 e. The van der Waals surface area contributed by atoms with Crippen molar-refractivity contribution >= 4 is 60.5 Å². The molecule has 0 saturated carbocycles. The minimum absolute atomic E-state index is 0.630. The molecule has 2 aromatic heterocycles. The summed E-state index contributed by atoms with van der Waals surface area (Å²) in [7, 11) is 0. The molecule has 0 fully saturated rings. The van der Waals surface area contributed by atoms with Gasteiger partial charge in [-0.3, -0.25) is 9.47 Å². The van der Waals surface area contributed by atoms with Crippen molar-refractivity contribution in [1.29, 1.82) is 0 Å². The van der Waals surface area contributed by atoms with Crippen molar-refractivity contribution in [2.45, 2.75) is 0 Å². The van der Waals surface area contributed by atoms with Crippen LogP contribution < -0.4 is 14.4 Å². The van der Waals surface area contributed by atoms with Crippen LogP contribution in [0.3, 0.4) is 0 Å². The van der Waals surface area contributed by atoms with Gasteiger partial charge in [-0.25, -0.2) is 9.97 Å². The summed E-state index contributed by atoms with van der Waals surface area (Å²) >= 11 is 0. The highest BCUT2D eigenvalue weighted by molar-refractivity contribution is 6.22. The molecule has 0 saturated heterocycles. The number of nitrogens with zero attached hydrogens (tertiary/aromatic N) is 4. The molecule has 0 N–H and O–H groups in total. The second-order valence-corrected chi connectivity index (χ2v) is 15.4. The van der Waals surface area contributed by atoms with E-state index in [1.54, 1.807) is 0 Å². The lowest BCUT2D eigenvalue weighted by Crippen LogP contribution is -2.20. The van der Waals surface area contributed by atoms with Gasteiger partial charge in [0.25, 0.3) is 0 Å². The van der Waals surface area contributed by atoms with Crippen molar-refractivity contribution in [1.82, 2.24) is 14.5 Å². The van der Waals surface area contributed by atoms with Crippen LogP contribution in [0.1, 0.15) is 0 Å². The fourth-order valence-electron chi connectivity index (χ4n) is 9.20. The molecule has 6 nitrogen and oxygen atoms in total. The lowest BCUT2D eigenvalue weighted by atomic mass is 9.99. The molecule has 13 rings (SSSR count). The minimum Gasteiger partial charge on any atom is -0.453 e. The number of hydrogen-bond acceptors (Lipinski definition) is 5. The molecule has 0 spiro atoms. The van der Waals surface area contributed by atoms with Crippen molar-refractivity contribution in [3.8, 4) is 62.5 Å². The summed E-state index contributed by atoms with van der Waals surface area (Å²) in [6, 6.07) is 67.8. The van der Waals surface area contributed by atoms with Gasteiger partial charge in [-0.15, -0.1) is 0 Å². The molecule has 9 aromatic carbocycles. The third-order valence-corrected chi connectivity index (χ3v) is 12.0. The van der Waals surface area contributed by atoms with E-state index in [-0.39, 0.29) is 0 Å². The van der Waals surface area contributed by atoms with Crippen molar-refractivity contribution in [2.75, 3.05) is 4.90 Å². The van der Waals surface area contributed by atoms with E-state index in [4.69, 9.17) is 19.4 Å². The van der Waals surface area contributed by atoms with Gasteiger partial charge in [0.1, 0.15) is 5.69 Å². The van der Waals surface area contributed by atoms with Gasteiger partial charge in [-0.05, 0) is 93.7 Å². The maximum atomic E-state index is 6.65. The van der Waals surface area contributed by atoms with Gasteiger partial charge in [0.15, 0.2) is 23.0 Å². The van der Waals surface area contributed by atoms with Crippen LogP contribution in [0.5, 0.6) is 23.0 Å². The summed E-state index contributed by atoms with van der Waals surface area (Å²) in [6.45, 7) is 0. The van der Waals surface area contributed by atoms with Gasteiger partial charge >= 0.3 is 0 Å². The van der Waals surface area contributed by atoms with Gasteiger partial charge in [0, 0.05) is 21.7 Å². The summed E-state index contributed by atoms with van der Waals surface area (Å²) in [5, 5.41) is 5.66. The molecule has 60 heavy (non-hydrogen) atoms. The quantitative estimate of drug-likeness (QED) is 0.178. The maximum absolute atomic E-state index is 6.65. The summed E-state index contributed by atoms with van der Waals surface area (Å²) in [6.07, 6.45) is 0. The molecule has 280 valence electrons. The van der Waals surface area contributed by atoms with E-state index in [1.165, 1.54) is 21.9 Å². The van der Waals surface area contributed by atoms with Crippen molar-refractivity contribution in [3.63, 3.8) is 0 Å². The lowest BCUT2D eigenvalue weighted by molar-refractivity contribution is 0.446. The van der Waals surface area contributed by atoms with Crippen LogP contribution in [0.15, 0.2) is 194 Å². The molecule has 11 aromatic rings. The molecule has 0 amide bonds. The second kappa shape index (κ2) is 12.6. The molecule has 0 aliphatic carbocycles. The Hall–Kier alpha value is -8.22. The molecule has 6 heteroatoms. The first-order chi connectivity index (χ1) is 29.7. The molecule has 0 unspecified atom stereocenters. The van der Waals surface area contributed by atoms with Gasteiger partial charge in [0.05, 0.1) is 33.6 Å². The van der Waals surface area contributed by atoms with Crippen molar-refractivity contribution < 1.29 is 9.47 Å². The number of benzene rings is 9. The fraction of sp³-hybridized carbons (Fsp3) is 0. The predicted octanol–water partition coefficient (Wildman–Crippen LogP) is 14.6. The van der Waals surface area contributed by atoms with E-state index in [2.05, 4.69) is 155 Å². The van der Waals surface area contributed by atoms with E-state index in [0.717, 1.165) is 95.2 Å². The maximum Gasteiger partial charge on any atom is 0.235 e. The van der Waals surface area contributed by atoms with Crippen LogP contribution in [0, 0.1) is 0 Å². The zero-order valence-electron chi connectivity index (χ0n) is 32.1. The Morgan fingerprint density at radius 3 is 1.90 bits per heavy atom. The van der Waals surface area contributed by atoms with E-state index < -0.39 is 0 Å². The van der Waals surface area contributed by atoms with Crippen LogP contribution in [0.25, 0.3) is 82.9 Å². The SMILES string of the molecule is c1ccc(-c2ccc(-c3nc(-n4c5ccc(-c6ccc7c(c6)Oc6cccc8c6N7c6ccccc6O8)cc5c5c6ccccc6ccc54)nc4ccccc34)cc2)cc1. The lowest BCUT2D eigenvalue weighted by Gasteiger charge is -2.37. The monoisotopic (exact) mass is 768 g/mol. The Balaban J connectivity index is 0.989. The van der Waals surface area contributed by atoms with Gasteiger partial charge in [-0.2, -0.15) is 0 Å². The number of ether oxygens (including phenoxy) is 2. The number of aromatic nitrogens is 3. The molecule has 4 heterocycles. The molecule has 2 aliphatic rings. The Kier molecular flexibility index (Phi) is 6.91. The van der Waals surface area contributed by atoms with Crippen molar-refractivity contribution in [3.05, 3.63) is 194 Å². The molecule has 0 atom stereocenters. The van der Waals surface area contributed by atoms with Crippen molar-refractivity contribution in [2.24, 2.45) is 0 Å². The molecular weight excluding hydrogens is 737 g/mol. The highest BCUT2D eigenvalue weighted by atomic mass is 16.5. The number of fused-ring (bicyclic) bond motifs is 10. The Bertz CT molecular complexity index is 3560. The largest absolute Gasteiger partial charge is 0.453 e. The fourth-order valence-corrected chi connectivity index (χ4v) is 9.20. The summed E-state index contributed by atoms with van der Waals surface area (Å²) < 4.78 is 15.2. The highest BCUT2D eigenvalue weighted by Crippen LogP contribution is 2.59. The number of hydrogen-bond donors (Lipinski definition) is 0. The first-order valence-electron chi connectivity index (χ1n) is 20.1. The standard InChI is InChI=1S/C54H32N4O2/c1-2-11-33(12-3-1)34-21-23-36(24-22-34)52-40-15-6-7-16-42(40)55-54(56-52)58-43-28-26-37(31-41(43)51-39-14-5-4-13-35(39)25-30-46(51)58)38-27-29-45-50(32-38)60-49-20-10-19-48-53(49)57(45)44-17-8-9-18-47(44)59-48/h1-32H. The first kappa shape index (κ1) is 32.8. The third kappa shape index (κ3) is 4.88. The average molecular weight is 769 g/mol. The van der Waals surface area contributed by atoms with E-state index in [1.807, 2.05) is 48.5 Å². The topological polar surface area (TPSA) is 52.4 Å². The van der Waals surface area contributed by atoms with Gasteiger partial charge in [0.2, 0.25) is 5.95 Å². The van der Waals surface area contributed by atoms with Crippen LogP contribution in [-0.4, -0.2) is 14.5 Å². The zero-order chi connectivity index (χ0) is 39.3. The third-order valence-electron chi connectivity index (χ3n) is 12.0.